The maximum absolute atomic E-state index is 12.1. The van der Waals surface area contributed by atoms with E-state index in [-0.39, 0.29) is 18.4 Å². The van der Waals surface area contributed by atoms with Gasteiger partial charge in [-0.25, -0.2) is 9.78 Å². The first-order valence-corrected chi connectivity index (χ1v) is 10.4. The van der Waals surface area contributed by atoms with Crippen LogP contribution in [-0.2, 0) is 17.6 Å². The molecule has 2 heterocycles. The van der Waals surface area contributed by atoms with Crippen molar-refractivity contribution in [3.05, 3.63) is 40.9 Å². The first-order valence-electron chi connectivity index (χ1n) is 9.49. The van der Waals surface area contributed by atoms with Crippen LogP contribution in [0.3, 0.4) is 0 Å². The Kier molecular flexibility index (Phi) is 6.86. The summed E-state index contributed by atoms with van der Waals surface area (Å²) < 4.78 is 5.67. The number of ether oxygens (including phenoxy) is 1. The Bertz CT molecular complexity index is 804. The molecule has 0 radical (unpaired) electrons. The van der Waals surface area contributed by atoms with Crippen molar-refractivity contribution in [2.45, 2.75) is 26.7 Å². The normalized spacial score (nSPS) is 13.7. The van der Waals surface area contributed by atoms with Gasteiger partial charge in [0.05, 0.1) is 18.7 Å². The number of benzene rings is 1. The molecular formula is C20H26N4O3S. The summed E-state index contributed by atoms with van der Waals surface area (Å²) in [6, 6.07) is 7.84. The number of thiazole rings is 1. The van der Waals surface area contributed by atoms with Gasteiger partial charge in [0.2, 0.25) is 5.91 Å². The van der Waals surface area contributed by atoms with E-state index in [1.54, 1.807) is 4.90 Å². The van der Waals surface area contributed by atoms with Crippen LogP contribution in [0.1, 0.15) is 25.1 Å². The molecule has 0 spiro atoms. The molecule has 0 bridgehead atoms. The van der Waals surface area contributed by atoms with Crippen LogP contribution in [-0.4, -0.2) is 43.2 Å². The predicted molar refractivity (Wildman–Crippen MR) is 110 cm³/mol. The van der Waals surface area contributed by atoms with Gasteiger partial charge in [-0.05, 0) is 30.0 Å². The molecule has 3 amide bonds. The monoisotopic (exact) mass is 402 g/mol. The minimum atomic E-state index is -0.133. The molecular weight excluding hydrogens is 376 g/mol. The number of hydrogen-bond acceptors (Lipinski definition) is 5. The van der Waals surface area contributed by atoms with Crippen molar-refractivity contribution in [1.82, 2.24) is 15.6 Å². The fraction of sp³-hybridized carbons (Fsp3) is 0.450. The molecule has 28 heavy (non-hydrogen) atoms. The molecule has 3 rings (SSSR count). The quantitative estimate of drug-likeness (QED) is 0.675. The highest BCUT2D eigenvalue weighted by atomic mass is 32.1. The van der Waals surface area contributed by atoms with Crippen LogP contribution in [0, 0.1) is 5.92 Å². The van der Waals surface area contributed by atoms with Crippen LogP contribution >= 0.6 is 11.3 Å². The summed E-state index contributed by atoms with van der Waals surface area (Å²) in [6.07, 6.45) is 0.973. The predicted octanol–water partition coefficient (Wildman–Crippen LogP) is 2.61. The van der Waals surface area contributed by atoms with Crippen LogP contribution in [0.25, 0.3) is 0 Å². The Morgan fingerprint density at radius 1 is 1.36 bits per heavy atom. The molecule has 2 aromatic rings. The van der Waals surface area contributed by atoms with E-state index < -0.39 is 0 Å². The molecule has 7 nitrogen and oxygen atoms in total. The van der Waals surface area contributed by atoms with Crippen LogP contribution in [0.5, 0.6) is 5.75 Å². The number of rotatable bonds is 9. The van der Waals surface area contributed by atoms with Crippen LogP contribution in [0.2, 0.25) is 0 Å². The highest BCUT2D eigenvalue weighted by Gasteiger charge is 2.24. The molecule has 150 valence electrons. The molecule has 1 aliphatic heterocycles. The van der Waals surface area contributed by atoms with Gasteiger partial charge < -0.3 is 15.4 Å². The lowest BCUT2D eigenvalue weighted by Crippen LogP contribution is -2.28. The van der Waals surface area contributed by atoms with Crippen molar-refractivity contribution >= 4 is 28.4 Å². The largest absolute Gasteiger partial charge is 0.493 e. The fourth-order valence-electron chi connectivity index (χ4n) is 2.74. The van der Waals surface area contributed by atoms with Crippen molar-refractivity contribution in [2.75, 3.05) is 31.1 Å². The second kappa shape index (κ2) is 9.54. The van der Waals surface area contributed by atoms with Crippen LogP contribution in [0.4, 0.5) is 9.93 Å². The van der Waals surface area contributed by atoms with E-state index in [2.05, 4.69) is 29.5 Å². The highest BCUT2D eigenvalue weighted by Crippen LogP contribution is 2.22. The van der Waals surface area contributed by atoms with Gasteiger partial charge in [0.15, 0.2) is 5.13 Å². The molecule has 0 saturated carbocycles. The summed E-state index contributed by atoms with van der Waals surface area (Å²) in [5, 5.41) is 8.13. The summed E-state index contributed by atoms with van der Waals surface area (Å²) in [4.78, 5) is 29.8. The van der Waals surface area contributed by atoms with Crippen molar-refractivity contribution in [1.29, 1.82) is 0 Å². The number of carbonyl (C=O) groups excluding carboxylic acids is 2. The average Bonchev–Trinajstić information content (AvgIpc) is 3.29. The zero-order valence-electron chi connectivity index (χ0n) is 16.2. The second-order valence-electron chi connectivity index (χ2n) is 7.13. The molecule has 0 unspecified atom stereocenters. The summed E-state index contributed by atoms with van der Waals surface area (Å²) >= 11 is 1.38. The van der Waals surface area contributed by atoms with Gasteiger partial charge in [-0.1, -0.05) is 26.0 Å². The van der Waals surface area contributed by atoms with Gasteiger partial charge in [0.1, 0.15) is 5.75 Å². The average molecular weight is 403 g/mol. The number of amides is 3. The Hall–Kier alpha value is -2.61. The summed E-state index contributed by atoms with van der Waals surface area (Å²) in [7, 11) is 0. The topological polar surface area (TPSA) is 83.6 Å². The molecule has 1 aromatic carbocycles. The minimum Gasteiger partial charge on any atom is -0.493 e. The number of urea groups is 1. The number of aromatic nitrogens is 1. The number of hydrogen-bond donors (Lipinski definition) is 2. The van der Waals surface area contributed by atoms with E-state index >= 15 is 0 Å². The first-order chi connectivity index (χ1) is 13.5. The first kappa shape index (κ1) is 20.1. The summed E-state index contributed by atoms with van der Waals surface area (Å²) in [5.74, 6) is 1.29. The number of anilines is 1. The molecule has 1 fully saturated rings. The summed E-state index contributed by atoms with van der Waals surface area (Å²) in [5.41, 5.74) is 1.83. The molecule has 1 saturated heterocycles. The van der Waals surface area contributed by atoms with E-state index in [1.807, 2.05) is 29.6 Å². The van der Waals surface area contributed by atoms with E-state index in [1.165, 1.54) is 11.3 Å². The maximum atomic E-state index is 12.1. The molecule has 0 aliphatic carbocycles. The summed E-state index contributed by atoms with van der Waals surface area (Å²) in [6.45, 7) is 6.74. The third kappa shape index (κ3) is 5.69. The molecule has 1 aliphatic rings. The zero-order valence-corrected chi connectivity index (χ0v) is 17.1. The Morgan fingerprint density at radius 2 is 2.14 bits per heavy atom. The van der Waals surface area contributed by atoms with Crippen molar-refractivity contribution in [2.24, 2.45) is 5.92 Å². The van der Waals surface area contributed by atoms with E-state index in [9.17, 15) is 9.59 Å². The number of nitrogens with one attached hydrogen (secondary N) is 2. The molecule has 1 aromatic heterocycles. The smallest absolute Gasteiger partial charge is 0.323 e. The lowest BCUT2D eigenvalue weighted by molar-refractivity contribution is -0.120. The Labute approximate surface area is 169 Å². The molecule has 8 heteroatoms. The highest BCUT2D eigenvalue weighted by molar-refractivity contribution is 7.14. The van der Waals surface area contributed by atoms with Gasteiger partial charge in [-0.3, -0.25) is 9.69 Å². The van der Waals surface area contributed by atoms with Crippen molar-refractivity contribution < 1.29 is 14.3 Å². The van der Waals surface area contributed by atoms with Gasteiger partial charge >= 0.3 is 6.03 Å². The maximum Gasteiger partial charge on any atom is 0.323 e. The fourth-order valence-corrected chi connectivity index (χ4v) is 3.59. The SMILES string of the molecule is CC(C)COc1ccc(CCNC(=O)Cc2csc(N3CCNC3=O)n2)cc1. The van der Waals surface area contributed by atoms with E-state index in [4.69, 9.17) is 4.74 Å². The zero-order chi connectivity index (χ0) is 19.9. The second-order valence-corrected chi connectivity index (χ2v) is 7.97. The van der Waals surface area contributed by atoms with E-state index in [0.717, 1.165) is 17.7 Å². The van der Waals surface area contributed by atoms with Crippen LogP contribution < -0.4 is 20.3 Å². The van der Waals surface area contributed by atoms with Crippen molar-refractivity contribution in [3.8, 4) is 5.75 Å². The lowest BCUT2D eigenvalue weighted by atomic mass is 10.1. The third-order valence-electron chi connectivity index (χ3n) is 4.21. The Morgan fingerprint density at radius 3 is 2.82 bits per heavy atom. The lowest BCUT2D eigenvalue weighted by Gasteiger charge is -2.09. The van der Waals surface area contributed by atoms with Gasteiger partial charge in [0.25, 0.3) is 0 Å². The number of nitrogens with zero attached hydrogens (tertiary/aromatic N) is 2. The van der Waals surface area contributed by atoms with Gasteiger partial charge in [-0.2, -0.15) is 0 Å². The number of carbonyl (C=O) groups is 2. The Balaban J connectivity index is 1.40. The standard InChI is InChI=1S/C20H26N4O3S/c1-14(2)12-27-17-5-3-15(4-6-17)7-8-21-18(25)11-16-13-28-20(23-16)24-10-9-22-19(24)26/h3-6,13-14H,7-12H2,1-2H3,(H,21,25)(H,22,26). The minimum absolute atomic E-state index is 0.0698. The molecule has 2 N–H and O–H groups in total. The van der Waals surface area contributed by atoms with Gasteiger partial charge in [0, 0.05) is 25.0 Å². The van der Waals surface area contributed by atoms with Crippen molar-refractivity contribution in [3.63, 3.8) is 0 Å². The van der Waals surface area contributed by atoms with Crippen LogP contribution in [0.15, 0.2) is 29.6 Å². The van der Waals surface area contributed by atoms with Gasteiger partial charge in [-0.15, -0.1) is 11.3 Å². The molecule has 0 atom stereocenters. The third-order valence-corrected chi connectivity index (χ3v) is 5.12. The van der Waals surface area contributed by atoms with E-state index in [0.29, 0.717) is 43.0 Å².